The van der Waals surface area contributed by atoms with Crippen LogP contribution >= 0.6 is 11.6 Å². The van der Waals surface area contributed by atoms with Gasteiger partial charge in [-0.1, -0.05) is 35.9 Å². The standard InChI is InChI=1S/C19H15ClO2/c20-16-9-6-15(7-10-16)18(21)3-1-2-13-4-5-14-8-11-19(22)17(14)12-13/h1-2,4-7,9-10,12H,3,8,11H2. The second-order valence-corrected chi connectivity index (χ2v) is 5.81. The minimum atomic E-state index is 0.0464. The van der Waals surface area contributed by atoms with E-state index >= 15 is 0 Å². The lowest BCUT2D eigenvalue weighted by molar-refractivity contribution is 0.0987. The Labute approximate surface area is 134 Å². The zero-order valence-corrected chi connectivity index (χ0v) is 12.8. The molecule has 0 heterocycles. The maximum absolute atomic E-state index is 12.0. The Kier molecular flexibility index (Phi) is 4.21. The van der Waals surface area contributed by atoms with Crippen LogP contribution in [0.5, 0.6) is 0 Å². The molecule has 1 aliphatic rings. The number of benzene rings is 2. The average molecular weight is 311 g/mol. The van der Waals surface area contributed by atoms with Gasteiger partial charge in [0.05, 0.1) is 0 Å². The van der Waals surface area contributed by atoms with Crippen LogP contribution in [0, 0.1) is 0 Å². The smallest absolute Gasteiger partial charge is 0.166 e. The molecule has 0 unspecified atom stereocenters. The van der Waals surface area contributed by atoms with E-state index in [9.17, 15) is 9.59 Å². The molecule has 2 aromatic carbocycles. The molecule has 0 atom stereocenters. The number of allylic oxidation sites excluding steroid dienone is 1. The first-order valence-corrected chi connectivity index (χ1v) is 7.63. The minimum absolute atomic E-state index is 0.0464. The molecule has 0 amide bonds. The minimum Gasteiger partial charge on any atom is -0.294 e. The van der Waals surface area contributed by atoms with E-state index in [1.165, 1.54) is 0 Å². The summed E-state index contributed by atoms with van der Waals surface area (Å²) in [6.07, 6.45) is 5.50. The second kappa shape index (κ2) is 6.29. The Hall–Kier alpha value is -2.19. The van der Waals surface area contributed by atoms with Crippen molar-refractivity contribution in [3.63, 3.8) is 0 Å². The zero-order chi connectivity index (χ0) is 15.5. The summed E-state index contributed by atoms with van der Waals surface area (Å²) in [7, 11) is 0. The Morgan fingerprint density at radius 1 is 1.09 bits per heavy atom. The van der Waals surface area contributed by atoms with Gasteiger partial charge in [-0.15, -0.1) is 0 Å². The molecule has 0 fully saturated rings. The van der Waals surface area contributed by atoms with Crippen LogP contribution in [0.3, 0.4) is 0 Å². The van der Waals surface area contributed by atoms with E-state index in [1.54, 1.807) is 24.3 Å². The molecule has 3 heteroatoms. The molecule has 3 rings (SSSR count). The number of hydrogen-bond acceptors (Lipinski definition) is 2. The normalized spacial score (nSPS) is 13.6. The van der Waals surface area contributed by atoms with Crippen LogP contribution < -0.4 is 0 Å². The fourth-order valence-electron chi connectivity index (χ4n) is 2.61. The average Bonchev–Trinajstić information content (AvgIpc) is 2.89. The number of carbonyl (C=O) groups excluding carboxylic acids is 2. The molecule has 2 nitrogen and oxygen atoms in total. The van der Waals surface area contributed by atoms with Gasteiger partial charge in [-0.25, -0.2) is 0 Å². The van der Waals surface area contributed by atoms with Crippen molar-refractivity contribution >= 4 is 29.2 Å². The van der Waals surface area contributed by atoms with E-state index in [2.05, 4.69) is 0 Å². The van der Waals surface area contributed by atoms with Crippen LogP contribution in [-0.2, 0) is 6.42 Å². The highest BCUT2D eigenvalue weighted by atomic mass is 35.5. The van der Waals surface area contributed by atoms with Gasteiger partial charge in [0.25, 0.3) is 0 Å². The molecule has 0 bridgehead atoms. The monoisotopic (exact) mass is 310 g/mol. The van der Waals surface area contributed by atoms with Crippen molar-refractivity contribution in [3.8, 4) is 0 Å². The predicted octanol–water partition coefficient (Wildman–Crippen LogP) is 4.76. The lowest BCUT2D eigenvalue weighted by Crippen LogP contribution is -1.96. The topological polar surface area (TPSA) is 34.1 Å². The fourth-order valence-corrected chi connectivity index (χ4v) is 2.74. The molecule has 1 aliphatic carbocycles. The summed E-state index contributed by atoms with van der Waals surface area (Å²) in [6, 6.07) is 12.8. The molecule has 22 heavy (non-hydrogen) atoms. The first-order valence-electron chi connectivity index (χ1n) is 7.25. The lowest BCUT2D eigenvalue weighted by atomic mass is 10.0. The highest BCUT2D eigenvalue weighted by Gasteiger charge is 2.18. The lowest BCUT2D eigenvalue weighted by Gasteiger charge is -2.00. The van der Waals surface area contributed by atoms with Crippen LogP contribution in [0.15, 0.2) is 48.5 Å². The van der Waals surface area contributed by atoms with Gasteiger partial charge < -0.3 is 0 Å². The second-order valence-electron chi connectivity index (χ2n) is 5.38. The third kappa shape index (κ3) is 3.18. The molecule has 0 N–H and O–H groups in total. The number of aryl methyl sites for hydroxylation is 1. The van der Waals surface area contributed by atoms with Crippen LogP contribution in [0.2, 0.25) is 5.02 Å². The van der Waals surface area contributed by atoms with Gasteiger partial charge in [-0.05, 0) is 47.9 Å². The third-order valence-corrected chi connectivity index (χ3v) is 4.09. The molecular weight excluding hydrogens is 296 g/mol. The maximum atomic E-state index is 12.0. The highest BCUT2D eigenvalue weighted by molar-refractivity contribution is 6.30. The summed E-state index contributed by atoms with van der Waals surface area (Å²) in [5.41, 5.74) is 3.56. The van der Waals surface area contributed by atoms with Crippen molar-refractivity contribution in [3.05, 3.63) is 75.8 Å². The summed E-state index contributed by atoms with van der Waals surface area (Å²) < 4.78 is 0. The van der Waals surface area contributed by atoms with Crippen molar-refractivity contribution in [2.75, 3.05) is 0 Å². The number of halogens is 1. The number of hydrogen-bond donors (Lipinski definition) is 0. The van der Waals surface area contributed by atoms with Crippen LogP contribution in [-0.4, -0.2) is 11.6 Å². The quantitative estimate of drug-likeness (QED) is 0.763. The Balaban J connectivity index is 1.67. The van der Waals surface area contributed by atoms with E-state index in [-0.39, 0.29) is 11.6 Å². The van der Waals surface area contributed by atoms with Gasteiger partial charge in [-0.2, -0.15) is 0 Å². The van der Waals surface area contributed by atoms with Crippen molar-refractivity contribution in [2.45, 2.75) is 19.3 Å². The molecule has 0 radical (unpaired) electrons. The van der Waals surface area contributed by atoms with Gasteiger partial charge in [0.2, 0.25) is 0 Å². The van der Waals surface area contributed by atoms with Gasteiger partial charge in [-0.3, -0.25) is 9.59 Å². The zero-order valence-electron chi connectivity index (χ0n) is 12.0. The molecule has 110 valence electrons. The molecule has 0 spiro atoms. The molecular formula is C19H15ClO2. The van der Waals surface area contributed by atoms with Crippen molar-refractivity contribution in [1.82, 2.24) is 0 Å². The largest absolute Gasteiger partial charge is 0.294 e. The first kappa shape index (κ1) is 14.7. The Bertz CT molecular complexity index is 758. The number of fused-ring (bicyclic) bond motifs is 1. The molecule has 0 saturated carbocycles. The highest BCUT2D eigenvalue weighted by Crippen LogP contribution is 2.23. The fraction of sp³-hybridized carbons (Fsp3) is 0.158. The van der Waals surface area contributed by atoms with E-state index in [4.69, 9.17) is 11.6 Å². The van der Waals surface area contributed by atoms with Crippen molar-refractivity contribution < 1.29 is 9.59 Å². The number of rotatable bonds is 4. The first-order chi connectivity index (χ1) is 10.6. The summed E-state index contributed by atoms with van der Waals surface area (Å²) in [5, 5.41) is 0.620. The summed E-state index contributed by atoms with van der Waals surface area (Å²) in [4.78, 5) is 23.8. The number of ketones is 2. The van der Waals surface area contributed by atoms with E-state index in [0.717, 1.165) is 23.1 Å². The van der Waals surface area contributed by atoms with Crippen molar-refractivity contribution in [1.29, 1.82) is 0 Å². The number of Topliss-reactive ketones (excluding diaryl/α,β-unsaturated/α-hetero) is 2. The molecule has 0 aromatic heterocycles. The summed E-state index contributed by atoms with van der Waals surface area (Å²) in [6.45, 7) is 0. The van der Waals surface area contributed by atoms with E-state index < -0.39 is 0 Å². The molecule has 0 saturated heterocycles. The van der Waals surface area contributed by atoms with E-state index in [0.29, 0.717) is 23.4 Å². The van der Waals surface area contributed by atoms with E-state index in [1.807, 2.05) is 30.4 Å². The van der Waals surface area contributed by atoms with Crippen LogP contribution in [0.25, 0.3) is 6.08 Å². The number of carbonyl (C=O) groups is 2. The predicted molar refractivity (Wildman–Crippen MR) is 88.5 cm³/mol. The summed E-state index contributed by atoms with van der Waals surface area (Å²) >= 11 is 5.81. The Morgan fingerprint density at radius 2 is 1.86 bits per heavy atom. The van der Waals surface area contributed by atoms with Crippen LogP contribution in [0.1, 0.15) is 44.7 Å². The van der Waals surface area contributed by atoms with Gasteiger partial charge in [0.1, 0.15) is 0 Å². The SMILES string of the molecule is O=C(CC=Cc1ccc2c(c1)C(=O)CC2)c1ccc(Cl)cc1. The van der Waals surface area contributed by atoms with Crippen LogP contribution in [0.4, 0.5) is 0 Å². The van der Waals surface area contributed by atoms with Crippen molar-refractivity contribution in [2.24, 2.45) is 0 Å². The molecule has 0 aliphatic heterocycles. The Morgan fingerprint density at radius 3 is 2.64 bits per heavy atom. The van der Waals surface area contributed by atoms with Gasteiger partial charge in [0, 0.05) is 29.0 Å². The maximum Gasteiger partial charge on any atom is 0.166 e. The summed E-state index contributed by atoms with van der Waals surface area (Å²) in [5.74, 6) is 0.257. The third-order valence-electron chi connectivity index (χ3n) is 3.84. The molecule has 2 aromatic rings. The van der Waals surface area contributed by atoms with Gasteiger partial charge in [0.15, 0.2) is 11.6 Å². The van der Waals surface area contributed by atoms with Gasteiger partial charge >= 0.3 is 0 Å².